The van der Waals surface area contributed by atoms with E-state index in [1.165, 1.54) is 0 Å². The molecule has 2 heterocycles. The number of imidazole rings is 1. The van der Waals surface area contributed by atoms with E-state index in [2.05, 4.69) is 21.4 Å². The van der Waals surface area contributed by atoms with Gasteiger partial charge in [-0.25, -0.2) is 4.98 Å². The smallest absolute Gasteiger partial charge is 0.306 e. The van der Waals surface area contributed by atoms with Crippen LogP contribution in [0.4, 0.5) is 0 Å². The quantitative estimate of drug-likeness (QED) is 0.860. The van der Waals surface area contributed by atoms with Crippen molar-refractivity contribution in [1.82, 2.24) is 14.5 Å². The molecule has 2 atom stereocenters. The highest BCUT2D eigenvalue weighted by atomic mass is 16.4. The van der Waals surface area contributed by atoms with Crippen molar-refractivity contribution in [2.75, 3.05) is 13.1 Å². The van der Waals surface area contributed by atoms with Crippen molar-refractivity contribution >= 4 is 5.97 Å². The second-order valence-corrected chi connectivity index (χ2v) is 5.10. The fraction of sp³-hybridized carbons (Fsp3) is 0.692. The summed E-state index contributed by atoms with van der Waals surface area (Å²) in [6.45, 7) is 5.05. The summed E-state index contributed by atoms with van der Waals surface area (Å²) in [5.41, 5.74) is 0. The van der Waals surface area contributed by atoms with Crippen LogP contribution in [0.25, 0.3) is 0 Å². The predicted molar refractivity (Wildman–Crippen MR) is 68.2 cm³/mol. The molecule has 18 heavy (non-hydrogen) atoms. The van der Waals surface area contributed by atoms with Crippen LogP contribution >= 0.6 is 0 Å². The van der Waals surface area contributed by atoms with Gasteiger partial charge in [0.25, 0.3) is 0 Å². The van der Waals surface area contributed by atoms with Gasteiger partial charge in [0.05, 0.1) is 12.2 Å². The maximum Gasteiger partial charge on any atom is 0.306 e. The zero-order valence-electron chi connectivity index (χ0n) is 10.8. The maximum atomic E-state index is 10.9. The summed E-state index contributed by atoms with van der Waals surface area (Å²) >= 11 is 0. The van der Waals surface area contributed by atoms with Gasteiger partial charge < -0.3 is 14.6 Å². The lowest BCUT2D eigenvalue weighted by atomic mass is 9.91. The number of aliphatic carboxylic acids is 1. The molecule has 1 aromatic rings. The first-order valence-corrected chi connectivity index (χ1v) is 6.59. The van der Waals surface area contributed by atoms with Gasteiger partial charge in [0, 0.05) is 31.5 Å². The number of piperidine rings is 1. The summed E-state index contributed by atoms with van der Waals surface area (Å²) in [6, 6.07) is 0.377. The Morgan fingerprint density at radius 2 is 2.33 bits per heavy atom. The van der Waals surface area contributed by atoms with Crippen molar-refractivity contribution in [3.05, 3.63) is 18.7 Å². The molecule has 0 aliphatic carbocycles. The Bertz CT molecular complexity index is 378. The number of hydrogen-bond donors (Lipinski definition) is 1. The second kappa shape index (κ2) is 6.00. The van der Waals surface area contributed by atoms with Gasteiger partial charge >= 0.3 is 5.97 Å². The average molecular weight is 251 g/mol. The van der Waals surface area contributed by atoms with Crippen molar-refractivity contribution in [3.63, 3.8) is 0 Å². The molecule has 1 aromatic heterocycles. The van der Waals surface area contributed by atoms with Crippen molar-refractivity contribution in [2.45, 2.75) is 38.8 Å². The normalized spacial score (nSPS) is 25.2. The first-order chi connectivity index (χ1) is 8.66. The third-order valence-corrected chi connectivity index (χ3v) is 3.78. The van der Waals surface area contributed by atoms with Gasteiger partial charge in [-0.3, -0.25) is 4.79 Å². The van der Waals surface area contributed by atoms with E-state index in [1.807, 2.05) is 12.5 Å². The third kappa shape index (κ3) is 3.32. The van der Waals surface area contributed by atoms with Crippen LogP contribution in [0.15, 0.2) is 18.7 Å². The Morgan fingerprint density at radius 3 is 2.94 bits per heavy atom. The zero-order valence-corrected chi connectivity index (χ0v) is 10.8. The highest BCUT2D eigenvalue weighted by Gasteiger charge is 2.29. The van der Waals surface area contributed by atoms with Gasteiger partial charge in [-0.2, -0.15) is 0 Å². The van der Waals surface area contributed by atoms with Crippen LogP contribution in [0, 0.1) is 5.92 Å². The molecule has 1 aliphatic rings. The lowest BCUT2D eigenvalue weighted by Gasteiger charge is -2.36. The molecule has 1 N–H and O–H groups in total. The average Bonchev–Trinajstić information content (AvgIpc) is 2.84. The van der Waals surface area contributed by atoms with Gasteiger partial charge in [-0.05, 0) is 32.7 Å². The lowest BCUT2D eigenvalue weighted by molar-refractivity contribution is -0.144. The number of aromatic nitrogens is 2. The molecule has 0 saturated carbocycles. The molecule has 0 radical (unpaired) electrons. The Morgan fingerprint density at radius 1 is 1.50 bits per heavy atom. The molecule has 0 amide bonds. The van der Waals surface area contributed by atoms with Gasteiger partial charge in [0.1, 0.15) is 0 Å². The molecule has 2 rings (SSSR count). The molecule has 5 heteroatoms. The minimum atomic E-state index is -0.639. The summed E-state index contributed by atoms with van der Waals surface area (Å²) in [4.78, 5) is 17.4. The molecule has 0 spiro atoms. The fourth-order valence-electron chi connectivity index (χ4n) is 2.65. The van der Waals surface area contributed by atoms with Crippen LogP contribution in [0.2, 0.25) is 0 Å². The van der Waals surface area contributed by atoms with Crippen LogP contribution in [-0.4, -0.2) is 44.7 Å². The number of carbonyl (C=O) groups is 1. The number of carboxylic acids is 1. The first kappa shape index (κ1) is 13.1. The van der Waals surface area contributed by atoms with E-state index < -0.39 is 5.97 Å². The highest BCUT2D eigenvalue weighted by molar-refractivity contribution is 5.70. The topological polar surface area (TPSA) is 58.4 Å². The van der Waals surface area contributed by atoms with Crippen LogP contribution in [0.1, 0.15) is 26.2 Å². The largest absolute Gasteiger partial charge is 0.481 e. The molecular formula is C13H21N3O2. The third-order valence-electron chi connectivity index (χ3n) is 3.78. The zero-order chi connectivity index (χ0) is 13.0. The van der Waals surface area contributed by atoms with Gasteiger partial charge in [-0.15, -0.1) is 0 Å². The summed E-state index contributed by atoms with van der Waals surface area (Å²) < 4.78 is 2.08. The number of carboxylic acid groups (broad SMARTS) is 1. The van der Waals surface area contributed by atoms with Crippen LogP contribution in [-0.2, 0) is 11.3 Å². The Labute approximate surface area is 107 Å². The second-order valence-electron chi connectivity index (χ2n) is 5.10. The Hall–Kier alpha value is -1.36. The standard InChI is InChI=1S/C13H21N3O2/c1-11-9-12(13(17)18)3-7-16(11)6-2-5-15-8-4-14-10-15/h4,8,10-12H,2-3,5-7,9H2,1H3,(H,17,18). The highest BCUT2D eigenvalue weighted by Crippen LogP contribution is 2.23. The number of hydrogen-bond acceptors (Lipinski definition) is 3. The molecule has 1 aliphatic heterocycles. The van der Waals surface area contributed by atoms with Crippen LogP contribution < -0.4 is 0 Å². The number of rotatable bonds is 5. The van der Waals surface area contributed by atoms with Gasteiger partial charge in [0.2, 0.25) is 0 Å². The fourth-order valence-corrected chi connectivity index (χ4v) is 2.65. The van der Waals surface area contributed by atoms with E-state index in [0.29, 0.717) is 6.04 Å². The van der Waals surface area contributed by atoms with E-state index in [0.717, 1.165) is 38.9 Å². The van der Waals surface area contributed by atoms with E-state index in [-0.39, 0.29) is 5.92 Å². The summed E-state index contributed by atoms with van der Waals surface area (Å²) in [5, 5.41) is 9.01. The molecule has 1 fully saturated rings. The lowest BCUT2D eigenvalue weighted by Crippen LogP contribution is -2.43. The van der Waals surface area contributed by atoms with Gasteiger partial charge in [-0.1, -0.05) is 0 Å². The molecule has 2 unspecified atom stereocenters. The molecule has 5 nitrogen and oxygen atoms in total. The molecule has 100 valence electrons. The monoisotopic (exact) mass is 251 g/mol. The maximum absolute atomic E-state index is 10.9. The molecule has 0 aromatic carbocycles. The molecule has 0 bridgehead atoms. The van der Waals surface area contributed by atoms with Crippen molar-refractivity contribution in [3.8, 4) is 0 Å². The van der Waals surface area contributed by atoms with Crippen LogP contribution in [0.5, 0.6) is 0 Å². The van der Waals surface area contributed by atoms with Crippen molar-refractivity contribution < 1.29 is 9.90 Å². The number of aryl methyl sites for hydroxylation is 1. The van der Waals surface area contributed by atoms with Crippen molar-refractivity contribution in [1.29, 1.82) is 0 Å². The van der Waals surface area contributed by atoms with Crippen molar-refractivity contribution in [2.24, 2.45) is 5.92 Å². The van der Waals surface area contributed by atoms with Gasteiger partial charge in [0.15, 0.2) is 0 Å². The number of nitrogens with zero attached hydrogens (tertiary/aromatic N) is 3. The minimum Gasteiger partial charge on any atom is -0.481 e. The van der Waals surface area contributed by atoms with E-state index in [9.17, 15) is 4.79 Å². The number of likely N-dealkylation sites (tertiary alicyclic amines) is 1. The van der Waals surface area contributed by atoms with E-state index >= 15 is 0 Å². The summed E-state index contributed by atoms with van der Waals surface area (Å²) in [5.74, 6) is -0.787. The summed E-state index contributed by atoms with van der Waals surface area (Å²) in [7, 11) is 0. The van der Waals surface area contributed by atoms with E-state index in [4.69, 9.17) is 5.11 Å². The predicted octanol–water partition coefficient (Wildman–Crippen LogP) is 1.46. The molecule has 1 saturated heterocycles. The van der Waals surface area contributed by atoms with E-state index in [1.54, 1.807) is 6.20 Å². The van der Waals surface area contributed by atoms with Crippen LogP contribution in [0.3, 0.4) is 0 Å². The minimum absolute atomic E-state index is 0.148. The first-order valence-electron chi connectivity index (χ1n) is 6.59. The summed E-state index contributed by atoms with van der Waals surface area (Å²) in [6.07, 6.45) is 8.24. The SMILES string of the molecule is CC1CC(C(=O)O)CCN1CCCn1ccnc1. The molecular weight excluding hydrogens is 230 g/mol. The Kier molecular flexibility index (Phi) is 4.36. The Balaban J connectivity index is 1.72.